The minimum absolute atomic E-state index is 0.0689. The zero-order valence-electron chi connectivity index (χ0n) is 12.6. The number of rotatable bonds is 4. The molecular formula is C18H17ClN2OS. The zero-order valence-corrected chi connectivity index (χ0v) is 14.2. The summed E-state index contributed by atoms with van der Waals surface area (Å²) in [6.45, 7) is 1.06. The molecule has 1 heterocycles. The van der Waals surface area contributed by atoms with Crippen LogP contribution in [0.3, 0.4) is 0 Å². The number of Topliss-reactive ketones (excluding diaryl/α,β-unsaturated/α-hetero) is 1. The topological polar surface area (TPSA) is 32.7 Å². The van der Waals surface area contributed by atoms with Crippen LogP contribution in [0.2, 0.25) is 5.02 Å². The van der Waals surface area contributed by atoms with Gasteiger partial charge >= 0.3 is 0 Å². The Kier molecular flexibility index (Phi) is 5.36. The number of nitrogens with zero attached hydrogens (tertiary/aromatic N) is 2. The molecule has 3 rings (SSSR count). The standard InChI is InChI=1S/C18H17ClN2OS/c19-15-8-4-9-16(12-15)21(18-20-10-5-11-23-18)13-17(22)14-6-2-1-3-7-14/h1-4,6-9,12H,5,10-11,13H2. The predicted molar refractivity (Wildman–Crippen MR) is 98.9 cm³/mol. The van der Waals surface area contributed by atoms with E-state index in [1.807, 2.05) is 59.5 Å². The van der Waals surface area contributed by atoms with E-state index in [0.717, 1.165) is 29.6 Å². The van der Waals surface area contributed by atoms with Crippen LogP contribution in [-0.2, 0) is 0 Å². The highest BCUT2D eigenvalue weighted by atomic mass is 35.5. The number of carbonyl (C=O) groups excluding carboxylic acids is 1. The molecule has 0 spiro atoms. The van der Waals surface area contributed by atoms with Gasteiger partial charge in [0, 0.05) is 28.6 Å². The second-order valence-corrected chi connectivity index (χ2v) is 6.72. The van der Waals surface area contributed by atoms with Crippen molar-refractivity contribution >= 4 is 40.0 Å². The highest BCUT2D eigenvalue weighted by Crippen LogP contribution is 2.25. The third-order valence-electron chi connectivity index (χ3n) is 3.53. The summed E-state index contributed by atoms with van der Waals surface area (Å²) >= 11 is 7.81. The van der Waals surface area contributed by atoms with Gasteiger partial charge in [-0.1, -0.05) is 59.8 Å². The van der Waals surface area contributed by atoms with Crippen molar-refractivity contribution < 1.29 is 4.79 Å². The third-order valence-corrected chi connectivity index (χ3v) is 4.86. The van der Waals surface area contributed by atoms with E-state index in [1.54, 1.807) is 11.8 Å². The molecule has 0 saturated heterocycles. The summed E-state index contributed by atoms with van der Waals surface area (Å²) in [5, 5.41) is 1.55. The lowest BCUT2D eigenvalue weighted by Crippen LogP contribution is -2.35. The van der Waals surface area contributed by atoms with Crippen molar-refractivity contribution in [1.29, 1.82) is 0 Å². The number of thioether (sulfide) groups is 1. The zero-order chi connectivity index (χ0) is 16.1. The number of hydrogen-bond acceptors (Lipinski definition) is 4. The lowest BCUT2D eigenvalue weighted by Gasteiger charge is -2.27. The Morgan fingerprint density at radius 1 is 1.17 bits per heavy atom. The summed E-state index contributed by atoms with van der Waals surface area (Å²) < 4.78 is 0. The number of ketones is 1. The summed E-state index contributed by atoms with van der Waals surface area (Å²) in [6, 6.07) is 16.9. The predicted octanol–water partition coefficient (Wildman–Crippen LogP) is 4.52. The van der Waals surface area contributed by atoms with E-state index in [4.69, 9.17) is 11.6 Å². The molecule has 0 amide bonds. The van der Waals surface area contributed by atoms with Gasteiger partial charge in [-0.2, -0.15) is 0 Å². The van der Waals surface area contributed by atoms with E-state index in [1.165, 1.54) is 0 Å². The van der Waals surface area contributed by atoms with Gasteiger partial charge in [-0.25, -0.2) is 0 Å². The smallest absolute Gasteiger partial charge is 0.182 e. The summed E-state index contributed by atoms with van der Waals surface area (Å²) in [5.41, 5.74) is 1.61. The summed E-state index contributed by atoms with van der Waals surface area (Å²) in [7, 11) is 0. The Hall–Kier alpha value is -1.78. The first-order valence-electron chi connectivity index (χ1n) is 7.52. The Morgan fingerprint density at radius 3 is 2.70 bits per heavy atom. The Bertz CT molecular complexity index is 718. The van der Waals surface area contributed by atoms with Gasteiger partial charge in [0.25, 0.3) is 0 Å². The first-order valence-corrected chi connectivity index (χ1v) is 8.89. The average Bonchev–Trinajstić information content (AvgIpc) is 2.61. The molecule has 0 fully saturated rings. The van der Waals surface area contributed by atoms with Crippen LogP contribution in [0.15, 0.2) is 59.6 Å². The Labute approximate surface area is 145 Å². The molecule has 0 aliphatic carbocycles. The maximum absolute atomic E-state index is 12.6. The van der Waals surface area contributed by atoms with Crippen LogP contribution < -0.4 is 4.90 Å². The van der Waals surface area contributed by atoms with E-state index < -0.39 is 0 Å². The number of anilines is 1. The highest BCUT2D eigenvalue weighted by molar-refractivity contribution is 8.14. The minimum Gasteiger partial charge on any atom is -0.313 e. The van der Waals surface area contributed by atoms with Gasteiger partial charge < -0.3 is 4.90 Å². The molecule has 1 aliphatic heterocycles. The maximum atomic E-state index is 12.6. The fourth-order valence-corrected chi connectivity index (χ4v) is 3.53. The second kappa shape index (κ2) is 7.66. The number of aliphatic imine (C=N–C) groups is 1. The molecule has 0 aromatic heterocycles. The Morgan fingerprint density at radius 2 is 2.00 bits per heavy atom. The van der Waals surface area contributed by atoms with Crippen molar-refractivity contribution in [2.75, 3.05) is 23.7 Å². The molecule has 0 atom stereocenters. The second-order valence-electron chi connectivity index (χ2n) is 5.22. The first-order chi connectivity index (χ1) is 11.2. The number of carbonyl (C=O) groups is 1. The van der Waals surface area contributed by atoms with Crippen LogP contribution in [0.1, 0.15) is 16.8 Å². The SMILES string of the molecule is O=C(CN(C1=NCCCS1)c1cccc(Cl)c1)c1ccccc1. The van der Waals surface area contributed by atoms with Crippen LogP contribution >= 0.6 is 23.4 Å². The third kappa shape index (κ3) is 4.15. The molecule has 5 heteroatoms. The van der Waals surface area contributed by atoms with E-state index in [9.17, 15) is 4.79 Å². The van der Waals surface area contributed by atoms with Gasteiger partial charge in [0.1, 0.15) is 0 Å². The van der Waals surface area contributed by atoms with Crippen molar-refractivity contribution in [3.63, 3.8) is 0 Å². The van der Waals surface area contributed by atoms with Crippen molar-refractivity contribution in [3.8, 4) is 0 Å². The fraction of sp³-hybridized carbons (Fsp3) is 0.222. The van der Waals surface area contributed by atoms with Gasteiger partial charge in [0.2, 0.25) is 0 Å². The molecule has 118 valence electrons. The van der Waals surface area contributed by atoms with E-state index in [-0.39, 0.29) is 12.3 Å². The number of benzene rings is 2. The molecule has 23 heavy (non-hydrogen) atoms. The number of amidine groups is 1. The van der Waals surface area contributed by atoms with Crippen molar-refractivity contribution in [2.45, 2.75) is 6.42 Å². The maximum Gasteiger partial charge on any atom is 0.182 e. The molecule has 1 aliphatic rings. The van der Waals surface area contributed by atoms with Gasteiger partial charge in [-0.15, -0.1) is 0 Å². The number of hydrogen-bond donors (Lipinski definition) is 0. The molecule has 2 aromatic rings. The molecule has 2 aromatic carbocycles. The molecule has 0 bridgehead atoms. The summed E-state index contributed by atoms with van der Waals surface area (Å²) in [6.07, 6.45) is 1.07. The summed E-state index contributed by atoms with van der Waals surface area (Å²) in [5.74, 6) is 1.09. The molecule has 0 radical (unpaired) electrons. The van der Waals surface area contributed by atoms with Crippen LogP contribution in [0, 0.1) is 0 Å². The van der Waals surface area contributed by atoms with Crippen LogP contribution in [0.5, 0.6) is 0 Å². The van der Waals surface area contributed by atoms with Crippen LogP contribution in [0.4, 0.5) is 5.69 Å². The molecular weight excluding hydrogens is 328 g/mol. The van der Waals surface area contributed by atoms with Gasteiger partial charge in [0.05, 0.1) is 6.54 Å². The number of halogens is 1. The lowest BCUT2D eigenvalue weighted by atomic mass is 10.1. The Balaban J connectivity index is 1.89. The molecule has 0 unspecified atom stereocenters. The normalized spacial score (nSPS) is 14.2. The quantitative estimate of drug-likeness (QED) is 0.764. The first kappa shape index (κ1) is 16.1. The van der Waals surface area contributed by atoms with Crippen molar-refractivity contribution in [1.82, 2.24) is 0 Å². The lowest BCUT2D eigenvalue weighted by molar-refractivity contribution is 0.100. The minimum atomic E-state index is 0.0689. The monoisotopic (exact) mass is 344 g/mol. The molecule has 3 nitrogen and oxygen atoms in total. The van der Waals surface area contributed by atoms with Gasteiger partial charge in [0.15, 0.2) is 11.0 Å². The fourth-order valence-electron chi connectivity index (χ4n) is 2.38. The highest BCUT2D eigenvalue weighted by Gasteiger charge is 2.20. The van der Waals surface area contributed by atoms with E-state index in [0.29, 0.717) is 10.6 Å². The molecule has 0 N–H and O–H groups in total. The summed E-state index contributed by atoms with van der Waals surface area (Å²) in [4.78, 5) is 19.2. The van der Waals surface area contributed by atoms with Gasteiger partial charge in [-0.3, -0.25) is 9.79 Å². The average molecular weight is 345 g/mol. The molecule has 0 saturated carbocycles. The van der Waals surface area contributed by atoms with Crippen molar-refractivity contribution in [3.05, 3.63) is 65.2 Å². The van der Waals surface area contributed by atoms with Crippen LogP contribution in [0.25, 0.3) is 0 Å². The van der Waals surface area contributed by atoms with E-state index >= 15 is 0 Å². The van der Waals surface area contributed by atoms with Crippen molar-refractivity contribution in [2.24, 2.45) is 4.99 Å². The van der Waals surface area contributed by atoms with Crippen LogP contribution in [-0.4, -0.2) is 29.8 Å². The van der Waals surface area contributed by atoms with E-state index in [2.05, 4.69) is 4.99 Å². The van der Waals surface area contributed by atoms with Gasteiger partial charge in [-0.05, 0) is 24.6 Å². The largest absolute Gasteiger partial charge is 0.313 e.